The van der Waals surface area contributed by atoms with Crippen LogP contribution in [0.4, 0.5) is 0 Å². The number of terminal acetylenes is 1. The number of nitrogens with zero attached hydrogens (tertiary/aromatic N) is 1. The lowest BCUT2D eigenvalue weighted by atomic mass is 9.92. The SMILES string of the molecule is C#CCNC1CCCc2cccnc21. The van der Waals surface area contributed by atoms with Gasteiger partial charge in [-0.15, -0.1) is 6.42 Å². The molecular weight excluding hydrogens is 172 g/mol. The molecule has 2 nitrogen and oxygen atoms in total. The van der Waals surface area contributed by atoms with Gasteiger partial charge in [0.15, 0.2) is 0 Å². The van der Waals surface area contributed by atoms with E-state index in [1.807, 2.05) is 12.3 Å². The van der Waals surface area contributed by atoms with Crippen molar-refractivity contribution in [3.05, 3.63) is 29.6 Å². The van der Waals surface area contributed by atoms with Crippen LogP contribution in [0.1, 0.15) is 30.1 Å². The van der Waals surface area contributed by atoms with Gasteiger partial charge < -0.3 is 0 Å². The Morgan fingerprint density at radius 2 is 2.57 bits per heavy atom. The summed E-state index contributed by atoms with van der Waals surface area (Å²) in [5.74, 6) is 2.61. The molecule has 1 aromatic heterocycles. The first-order valence-corrected chi connectivity index (χ1v) is 5.02. The van der Waals surface area contributed by atoms with Crippen molar-refractivity contribution in [3.8, 4) is 12.3 Å². The number of nitrogens with one attached hydrogen (secondary N) is 1. The summed E-state index contributed by atoms with van der Waals surface area (Å²) in [4.78, 5) is 4.42. The normalized spacial score (nSPS) is 19.8. The second-order valence-corrected chi connectivity index (χ2v) is 3.58. The van der Waals surface area contributed by atoms with E-state index in [9.17, 15) is 0 Å². The Bertz CT molecular complexity index is 352. The van der Waals surface area contributed by atoms with Crippen LogP contribution in [0.5, 0.6) is 0 Å². The van der Waals surface area contributed by atoms with Gasteiger partial charge in [-0.25, -0.2) is 0 Å². The molecule has 0 saturated heterocycles. The summed E-state index contributed by atoms with van der Waals surface area (Å²) in [5.41, 5.74) is 2.56. The van der Waals surface area contributed by atoms with Crippen LogP contribution in [0.2, 0.25) is 0 Å². The number of pyridine rings is 1. The van der Waals surface area contributed by atoms with Crippen molar-refractivity contribution < 1.29 is 0 Å². The summed E-state index contributed by atoms with van der Waals surface area (Å²) in [6.45, 7) is 0.626. The van der Waals surface area contributed by atoms with Crippen LogP contribution < -0.4 is 5.32 Å². The number of aryl methyl sites for hydroxylation is 1. The van der Waals surface area contributed by atoms with Crippen LogP contribution in [-0.2, 0) is 6.42 Å². The number of hydrogen-bond donors (Lipinski definition) is 1. The third-order valence-electron chi connectivity index (χ3n) is 2.65. The molecule has 1 heterocycles. The van der Waals surface area contributed by atoms with E-state index >= 15 is 0 Å². The fourth-order valence-electron chi connectivity index (χ4n) is 1.99. The average molecular weight is 186 g/mol. The zero-order chi connectivity index (χ0) is 9.80. The molecule has 1 N–H and O–H groups in total. The largest absolute Gasteiger partial charge is 0.298 e. The minimum Gasteiger partial charge on any atom is -0.298 e. The third kappa shape index (κ3) is 1.78. The average Bonchev–Trinajstić information content (AvgIpc) is 2.26. The smallest absolute Gasteiger partial charge is 0.0605 e. The van der Waals surface area contributed by atoms with Gasteiger partial charge in [-0.05, 0) is 30.9 Å². The van der Waals surface area contributed by atoms with Gasteiger partial charge >= 0.3 is 0 Å². The summed E-state index contributed by atoms with van der Waals surface area (Å²) >= 11 is 0. The molecule has 1 aliphatic rings. The first kappa shape index (κ1) is 9.23. The molecule has 0 fully saturated rings. The minimum absolute atomic E-state index is 0.357. The fraction of sp³-hybridized carbons (Fsp3) is 0.417. The Labute approximate surface area is 84.7 Å². The Hall–Kier alpha value is -1.33. The van der Waals surface area contributed by atoms with Gasteiger partial charge in [-0.3, -0.25) is 10.3 Å². The van der Waals surface area contributed by atoms with E-state index in [1.165, 1.54) is 17.7 Å². The zero-order valence-corrected chi connectivity index (χ0v) is 8.16. The van der Waals surface area contributed by atoms with Crippen molar-refractivity contribution >= 4 is 0 Å². The van der Waals surface area contributed by atoms with Gasteiger partial charge in [0.25, 0.3) is 0 Å². The van der Waals surface area contributed by atoms with Crippen LogP contribution in [0, 0.1) is 12.3 Å². The van der Waals surface area contributed by atoms with E-state index in [4.69, 9.17) is 6.42 Å². The molecule has 0 aromatic carbocycles. The molecule has 0 radical (unpaired) electrons. The summed E-state index contributed by atoms with van der Waals surface area (Å²) in [5, 5.41) is 3.33. The zero-order valence-electron chi connectivity index (χ0n) is 8.16. The lowest BCUT2D eigenvalue weighted by molar-refractivity contribution is 0.470. The second kappa shape index (κ2) is 4.26. The van der Waals surface area contributed by atoms with Crippen molar-refractivity contribution in [2.45, 2.75) is 25.3 Å². The lowest BCUT2D eigenvalue weighted by Gasteiger charge is -2.24. The maximum atomic E-state index is 5.23. The van der Waals surface area contributed by atoms with E-state index in [-0.39, 0.29) is 0 Å². The van der Waals surface area contributed by atoms with Crippen molar-refractivity contribution in [2.24, 2.45) is 0 Å². The Balaban J connectivity index is 2.18. The molecule has 1 aromatic rings. The highest BCUT2D eigenvalue weighted by atomic mass is 14.9. The highest BCUT2D eigenvalue weighted by Gasteiger charge is 2.19. The van der Waals surface area contributed by atoms with Crippen molar-refractivity contribution in [3.63, 3.8) is 0 Å². The number of rotatable bonds is 2. The van der Waals surface area contributed by atoms with Crippen LogP contribution >= 0.6 is 0 Å². The molecule has 2 heteroatoms. The van der Waals surface area contributed by atoms with Gasteiger partial charge in [0, 0.05) is 6.20 Å². The molecule has 0 aliphatic heterocycles. The second-order valence-electron chi connectivity index (χ2n) is 3.58. The van der Waals surface area contributed by atoms with Crippen molar-refractivity contribution in [1.29, 1.82) is 0 Å². The molecule has 1 aliphatic carbocycles. The van der Waals surface area contributed by atoms with Crippen molar-refractivity contribution in [1.82, 2.24) is 10.3 Å². The highest BCUT2D eigenvalue weighted by molar-refractivity contribution is 5.25. The van der Waals surface area contributed by atoms with E-state index < -0.39 is 0 Å². The quantitative estimate of drug-likeness (QED) is 0.711. The summed E-state index contributed by atoms with van der Waals surface area (Å²) in [6.07, 6.45) is 10.6. The maximum Gasteiger partial charge on any atom is 0.0605 e. The van der Waals surface area contributed by atoms with Crippen LogP contribution in [0.25, 0.3) is 0 Å². The van der Waals surface area contributed by atoms with Gasteiger partial charge in [0.05, 0.1) is 18.3 Å². The standard InChI is InChI=1S/C12H14N2/c1-2-8-13-11-7-3-5-10-6-4-9-14-12(10)11/h1,4,6,9,11,13H,3,5,7-8H2. The monoisotopic (exact) mass is 186 g/mol. The number of hydrogen-bond acceptors (Lipinski definition) is 2. The van der Waals surface area contributed by atoms with Crippen LogP contribution in [0.3, 0.4) is 0 Å². The van der Waals surface area contributed by atoms with Crippen LogP contribution in [-0.4, -0.2) is 11.5 Å². The molecule has 0 amide bonds. The molecule has 0 bridgehead atoms. The molecule has 0 spiro atoms. The maximum absolute atomic E-state index is 5.23. The van der Waals surface area contributed by atoms with Gasteiger partial charge in [0.1, 0.15) is 0 Å². The molecule has 2 rings (SSSR count). The lowest BCUT2D eigenvalue weighted by Crippen LogP contribution is -2.26. The number of fused-ring (bicyclic) bond motifs is 1. The Morgan fingerprint density at radius 3 is 3.43 bits per heavy atom. The van der Waals surface area contributed by atoms with E-state index in [1.54, 1.807) is 0 Å². The van der Waals surface area contributed by atoms with E-state index in [2.05, 4.69) is 22.3 Å². The topological polar surface area (TPSA) is 24.9 Å². The summed E-state index contributed by atoms with van der Waals surface area (Å²) in [7, 11) is 0. The Kier molecular flexibility index (Phi) is 2.81. The molecule has 1 atom stereocenters. The van der Waals surface area contributed by atoms with Crippen molar-refractivity contribution in [2.75, 3.05) is 6.54 Å². The van der Waals surface area contributed by atoms with E-state index in [0.29, 0.717) is 12.6 Å². The first-order chi connectivity index (χ1) is 6.92. The summed E-state index contributed by atoms with van der Waals surface area (Å²) < 4.78 is 0. The fourth-order valence-corrected chi connectivity index (χ4v) is 1.99. The molecular formula is C12H14N2. The van der Waals surface area contributed by atoms with Gasteiger partial charge in [-0.2, -0.15) is 0 Å². The first-order valence-electron chi connectivity index (χ1n) is 5.02. The van der Waals surface area contributed by atoms with Gasteiger partial charge in [0.2, 0.25) is 0 Å². The molecule has 0 saturated carbocycles. The summed E-state index contributed by atoms with van der Waals surface area (Å²) in [6, 6.07) is 4.52. The predicted octanol–water partition coefficient (Wildman–Crippen LogP) is 1.68. The molecule has 1 unspecified atom stereocenters. The third-order valence-corrected chi connectivity index (χ3v) is 2.65. The van der Waals surface area contributed by atoms with Crippen LogP contribution in [0.15, 0.2) is 18.3 Å². The number of aromatic nitrogens is 1. The van der Waals surface area contributed by atoms with E-state index in [0.717, 1.165) is 12.8 Å². The van der Waals surface area contributed by atoms with Gasteiger partial charge in [-0.1, -0.05) is 12.0 Å². The molecule has 72 valence electrons. The minimum atomic E-state index is 0.357. The highest BCUT2D eigenvalue weighted by Crippen LogP contribution is 2.27. The molecule has 14 heavy (non-hydrogen) atoms. The Morgan fingerprint density at radius 1 is 1.64 bits per heavy atom. The predicted molar refractivity (Wildman–Crippen MR) is 56.8 cm³/mol.